The van der Waals surface area contributed by atoms with Gasteiger partial charge in [0.1, 0.15) is 17.2 Å². The summed E-state index contributed by atoms with van der Waals surface area (Å²) in [5.74, 6) is 1.73. The van der Waals surface area contributed by atoms with Gasteiger partial charge in [-0.3, -0.25) is 4.90 Å². The van der Waals surface area contributed by atoms with Crippen LogP contribution in [-0.4, -0.2) is 67.1 Å². The lowest BCUT2D eigenvalue weighted by molar-refractivity contribution is -0.0224. The third kappa shape index (κ3) is 15.3. The molecule has 266 valence electrons. The third-order valence-electron chi connectivity index (χ3n) is 8.32. The van der Waals surface area contributed by atoms with Gasteiger partial charge in [-0.15, -0.1) is 0 Å². The van der Waals surface area contributed by atoms with Crippen molar-refractivity contribution < 1.29 is 33.3 Å². The molecule has 2 aromatic carbocycles. The van der Waals surface area contributed by atoms with Crippen LogP contribution in [0.1, 0.15) is 110 Å². The highest BCUT2D eigenvalue weighted by atomic mass is 16.6. The average molecular weight is 668 g/mol. The Morgan fingerprint density at radius 1 is 0.750 bits per heavy atom. The van der Waals surface area contributed by atoms with Gasteiger partial charge in [-0.2, -0.15) is 0 Å². The summed E-state index contributed by atoms with van der Waals surface area (Å²) in [6.07, 6.45) is 12.7. The topological polar surface area (TPSA) is 107 Å². The first-order chi connectivity index (χ1) is 23.5. The van der Waals surface area contributed by atoms with Crippen molar-refractivity contribution in [2.24, 2.45) is 0 Å². The molecule has 1 heterocycles. The van der Waals surface area contributed by atoms with Gasteiger partial charge in [0.05, 0.1) is 6.61 Å². The second-order valence-corrected chi connectivity index (χ2v) is 12.4. The molecule has 10 nitrogen and oxygen atoms in total. The zero-order valence-electron chi connectivity index (χ0n) is 29.2. The zero-order chi connectivity index (χ0) is 34.2. The van der Waals surface area contributed by atoms with E-state index in [1.807, 2.05) is 35.2 Å². The normalized spacial score (nSPS) is 14.2. The first-order valence-corrected chi connectivity index (χ1v) is 18.2. The van der Waals surface area contributed by atoms with Crippen molar-refractivity contribution in [1.29, 1.82) is 0 Å². The number of ether oxygens (including phenoxy) is 4. The number of carbonyl (C=O) groups is 3. The maximum absolute atomic E-state index is 13.0. The van der Waals surface area contributed by atoms with Crippen molar-refractivity contribution >= 4 is 18.3 Å². The minimum atomic E-state index is -0.681. The van der Waals surface area contributed by atoms with Crippen LogP contribution < -0.4 is 14.8 Å². The second-order valence-electron chi connectivity index (χ2n) is 12.4. The van der Waals surface area contributed by atoms with Gasteiger partial charge in [0.2, 0.25) is 0 Å². The van der Waals surface area contributed by atoms with E-state index in [0.717, 1.165) is 83.0 Å². The minimum Gasteiger partial charge on any atom is -0.457 e. The average Bonchev–Trinajstić information content (AvgIpc) is 3.10. The largest absolute Gasteiger partial charge is 0.457 e. The van der Waals surface area contributed by atoms with Gasteiger partial charge >= 0.3 is 18.3 Å². The summed E-state index contributed by atoms with van der Waals surface area (Å²) in [4.78, 5) is 41.5. The van der Waals surface area contributed by atoms with Crippen molar-refractivity contribution in [2.75, 3.05) is 32.8 Å². The highest BCUT2D eigenvalue weighted by Gasteiger charge is 2.31. The van der Waals surface area contributed by atoms with Crippen LogP contribution in [0, 0.1) is 0 Å². The Bertz CT molecular complexity index is 1170. The minimum absolute atomic E-state index is 0.195. The first-order valence-electron chi connectivity index (χ1n) is 18.2. The molecule has 3 amide bonds. The highest BCUT2D eigenvalue weighted by Crippen LogP contribution is 2.25. The Kier molecular flexibility index (Phi) is 18.8. The Hall–Kier alpha value is -3.95. The Labute approximate surface area is 287 Å². The summed E-state index contributed by atoms with van der Waals surface area (Å²) in [5, 5.41) is 2.80. The molecular formula is C38H57N3O7. The Morgan fingerprint density at radius 3 is 2.06 bits per heavy atom. The molecule has 1 fully saturated rings. The molecule has 1 aliphatic heterocycles. The van der Waals surface area contributed by atoms with Gasteiger partial charge in [-0.1, -0.05) is 77.0 Å². The number of likely N-dealkylation sites (tertiary alicyclic amines) is 1. The second kappa shape index (κ2) is 23.4. The molecule has 1 saturated heterocycles. The fourth-order valence-corrected chi connectivity index (χ4v) is 5.53. The standard InChI is InChI=1S/C38H57N3O7/c1-3-5-7-16-28-40(29-17-8-6-4-2)37(43)45-31-19-10-9-15-27-39-36(42)48-35-22-14-18-30-41(35)38(44)47-34-25-23-33(24-26-34)46-32-20-12-11-13-21-32/h11-13,20-21,23-26,35H,3-10,14-19,22,27-31H2,1-2H3,(H,39,42). The van der Waals surface area contributed by atoms with Crippen LogP contribution in [0.3, 0.4) is 0 Å². The van der Waals surface area contributed by atoms with Crippen LogP contribution in [-0.2, 0) is 9.47 Å². The number of carbonyl (C=O) groups excluding carboxylic acids is 3. The zero-order valence-corrected chi connectivity index (χ0v) is 29.2. The molecule has 1 atom stereocenters. The summed E-state index contributed by atoms with van der Waals surface area (Å²) in [5.41, 5.74) is 0. The maximum atomic E-state index is 13.0. The third-order valence-corrected chi connectivity index (χ3v) is 8.32. The lowest BCUT2D eigenvalue weighted by Gasteiger charge is -2.33. The monoisotopic (exact) mass is 667 g/mol. The molecule has 0 aromatic heterocycles. The molecule has 48 heavy (non-hydrogen) atoms. The number of amides is 3. The Balaban J connectivity index is 1.29. The number of para-hydroxylation sites is 1. The van der Waals surface area contributed by atoms with Gasteiger partial charge in [0.15, 0.2) is 6.23 Å². The smallest absolute Gasteiger partial charge is 0.418 e. The van der Waals surface area contributed by atoms with Gasteiger partial charge in [-0.05, 0) is 81.3 Å². The summed E-state index contributed by atoms with van der Waals surface area (Å²) in [7, 11) is 0. The van der Waals surface area contributed by atoms with E-state index in [0.29, 0.717) is 37.6 Å². The van der Waals surface area contributed by atoms with E-state index in [1.165, 1.54) is 30.6 Å². The summed E-state index contributed by atoms with van der Waals surface area (Å²) >= 11 is 0. The fraction of sp³-hybridized carbons (Fsp3) is 0.605. The fourth-order valence-electron chi connectivity index (χ4n) is 5.53. The van der Waals surface area contributed by atoms with Crippen molar-refractivity contribution in [3.8, 4) is 17.2 Å². The quantitative estimate of drug-likeness (QED) is 0.132. The molecular weight excluding hydrogens is 610 g/mol. The number of benzene rings is 2. The van der Waals surface area contributed by atoms with Crippen LogP contribution in [0.4, 0.5) is 14.4 Å². The number of unbranched alkanes of at least 4 members (excludes halogenated alkanes) is 9. The first kappa shape index (κ1) is 38.5. The van der Waals surface area contributed by atoms with Crippen LogP contribution in [0.2, 0.25) is 0 Å². The number of hydrogen-bond acceptors (Lipinski definition) is 7. The molecule has 1 aliphatic rings. The van der Waals surface area contributed by atoms with Crippen molar-refractivity contribution in [2.45, 2.75) is 116 Å². The molecule has 1 N–H and O–H groups in total. The summed E-state index contributed by atoms with van der Waals surface area (Å²) in [6.45, 7) is 7.25. The van der Waals surface area contributed by atoms with Crippen LogP contribution in [0.25, 0.3) is 0 Å². The van der Waals surface area contributed by atoms with Crippen LogP contribution in [0.15, 0.2) is 54.6 Å². The number of piperidine rings is 1. The molecule has 0 saturated carbocycles. The van der Waals surface area contributed by atoms with Crippen molar-refractivity contribution in [3.63, 3.8) is 0 Å². The van der Waals surface area contributed by atoms with Crippen LogP contribution >= 0.6 is 0 Å². The number of nitrogens with zero attached hydrogens (tertiary/aromatic N) is 2. The van der Waals surface area contributed by atoms with Gasteiger partial charge in [-0.25, -0.2) is 14.4 Å². The highest BCUT2D eigenvalue weighted by molar-refractivity contribution is 5.72. The summed E-state index contributed by atoms with van der Waals surface area (Å²) in [6, 6.07) is 16.3. The Morgan fingerprint density at radius 2 is 1.38 bits per heavy atom. The number of alkyl carbamates (subject to hydrolysis) is 1. The lowest BCUT2D eigenvalue weighted by Crippen LogP contribution is -2.48. The van der Waals surface area contributed by atoms with E-state index < -0.39 is 18.4 Å². The number of hydrogen-bond donors (Lipinski definition) is 1. The van der Waals surface area contributed by atoms with Crippen molar-refractivity contribution in [3.05, 3.63) is 54.6 Å². The van der Waals surface area contributed by atoms with Gasteiger partial charge in [0.25, 0.3) is 0 Å². The SMILES string of the molecule is CCCCCCN(CCCCCC)C(=O)OCCCCCCNC(=O)OC1CCCCN1C(=O)Oc1ccc(Oc2ccccc2)cc1. The molecule has 1 unspecified atom stereocenters. The molecule has 0 radical (unpaired) electrons. The lowest BCUT2D eigenvalue weighted by atomic mass is 10.1. The molecule has 3 rings (SSSR count). The summed E-state index contributed by atoms with van der Waals surface area (Å²) < 4.78 is 22.6. The molecule has 0 aliphatic carbocycles. The maximum Gasteiger partial charge on any atom is 0.418 e. The van der Waals surface area contributed by atoms with Gasteiger partial charge < -0.3 is 29.2 Å². The van der Waals surface area contributed by atoms with E-state index in [4.69, 9.17) is 18.9 Å². The predicted molar refractivity (Wildman–Crippen MR) is 187 cm³/mol. The molecule has 0 bridgehead atoms. The van der Waals surface area contributed by atoms with E-state index in [-0.39, 0.29) is 6.09 Å². The number of nitrogens with one attached hydrogen (secondary N) is 1. The van der Waals surface area contributed by atoms with Crippen molar-refractivity contribution in [1.82, 2.24) is 15.1 Å². The predicted octanol–water partition coefficient (Wildman–Crippen LogP) is 9.68. The molecule has 10 heteroatoms. The van der Waals surface area contributed by atoms with E-state index in [2.05, 4.69) is 19.2 Å². The van der Waals surface area contributed by atoms with Crippen LogP contribution in [0.5, 0.6) is 17.2 Å². The number of rotatable bonds is 21. The van der Waals surface area contributed by atoms with E-state index in [9.17, 15) is 14.4 Å². The molecule has 0 spiro atoms. The van der Waals surface area contributed by atoms with E-state index >= 15 is 0 Å². The molecule has 2 aromatic rings. The van der Waals surface area contributed by atoms with E-state index in [1.54, 1.807) is 24.3 Å². The van der Waals surface area contributed by atoms with Gasteiger partial charge in [0, 0.05) is 32.6 Å².